The summed E-state index contributed by atoms with van der Waals surface area (Å²) in [5.41, 5.74) is 5.14. The highest BCUT2D eigenvalue weighted by atomic mass is 16.7. The fourth-order valence-electron chi connectivity index (χ4n) is 6.95. The normalized spacial score (nSPS) is 16.0. The van der Waals surface area contributed by atoms with E-state index in [2.05, 4.69) is 148 Å². The van der Waals surface area contributed by atoms with Crippen LogP contribution in [0.15, 0.2) is 121 Å². The summed E-state index contributed by atoms with van der Waals surface area (Å²) >= 11 is 0. The van der Waals surface area contributed by atoms with Crippen LogP contribution >= 0.6 is 0 Å². The molecule has 8 aromatic rings. The first-order valence-electron chi connectivity index (χ1n) is 15.9. The van der Waals surface area contributed by atoms with Gasteiger partial charge < -0.3 is 9.31 Å². The number of fused-ring (bicyclic) bond motifs is 7. The van der Waals surface area contributed by atoms with Crippen LogP contribution < -0.4 is 5.46 Å². The molecule has 0 N–H and O–H groups in total. The lowest BCUT2D eigenvalue weighted by molar-refractivity contribution is 0.00578. The van der Waals surface area contributed by atoms with Crippen molar-refractivity contribution in [3.05, 3.63) is 121 Å². The van der Waals surface area contributed by atoms with Crippen molar-refractivity contribution < 1.29 is 9.31 Å². The third kappa shape index (κ3) is 3.97. The monoisotopic (exact) mass is 597 g/mol. The van der Waals surface area contributed by atoms with Crippen molar-refractivity contribution in [1.29, 1.82) is 0 Å². The minimum Gasteiger partial charge on any atom is -0.399 e. The van der Waals surface area contributed by atoms with Gasteiger partial charge in [-0.1, -0.05) is 103 Å². The highest BCUT2D eigenvalue weighted by molar-refractivity contribution is 6.62. The molecule has 6 heteroatoms. The summed E-state index contributed by atoms with van der Waals surface area (Å²) < 4.78 is 15.2. The Labute approximate surface area is 267 Å². The number of rotatable bonds is 3. The molecule has 0 saturated carbocycles. The van der Waals surface area contributed by atoms with Crippen LogP contribution in [-0.4, -0.2) is 32.9 Å². The summed E-state index contributed by atoms with van der Waals surface area (Å²) in [5, 5.41) is 8.02. The molecule has 0 aliphatic carbocycles. The maximum Gasteiger partial charge on any atom is 0.494 e. The second-order valence-electron chi connectivity index (χ2n) is 13.3. The van der Waals surface area contributed by atoms with Crippen LogP contribution in [0.2, 0.25) is 0 Å². The van der Waals surface area contributed by atoms with E-state index >= 15 is 0 Å². The van der Waals surface area contributed by atoms with Gasteiger partial charge in [0.15, 0.2) is 0 Å². The van der Waals surface area contributed by atoms with E-state index in [0.717, 1.165) is 49.4 Å². The molecule has 0 radical (unpaired) electrons. The SMILES string of the molecule is CC1(C)OB(c2ccc3c(c2)c2c4ccccc4ccc2n3-c2nc(-c3cccc4ccccc34)c3ccccc3n2)OC1(C)C. The predicted octanol–water partition coefficient (Wildman–Crippen LogP) is 9.00. The van der Waals surface area contributed by atoms with Crippen molar-refractivity contribution in [2.75, 3.05) is 0 Å². The van der Waals surface area contributed by atoms with Gasteiger partial charge in [-0.05, 0) is 72.9 Å². The molecule has 6 aromatic carbocycles. The molecule has 1 aliphatic rings. The molecule has 0 spiro atoms. The molecule has 3 heterocycles. The van der Waals surface area contributed by atoms with Crippen molar-refractivity contribution in [2.24, 2.45) is 0 Å². The van der Waals surface area contributed by atoms with Gasteiger partial charge in [0.25, 0.3) is 0 Å². The first-order valence-corrected chi connectivity index (χ1v) is 15.9. The largest absolute Gasteiger partial charge is 0.494 e. The minimum atomic E-state index is -0.461. The second-order valence-corrected chi connectivity index (χ2v) is 13.3. The van der Waals surface area contributed by atoms with Gasteiger partial charge >= 0.3 is 7.12 Å². The molecule has 1 saturated heterocycles. The van der Waals surface area contributed by atoms with Gasteiger partial charge in [-0.25, -0.2) is 9.97 Å². The number of para-hydroxylation sites is 1. The number of hydrogen-bond donors (Lipinski definition) is 0. The summed E-state index contributed by atoms with van der Waals surface area (Å²) in [6.45, 7) is 8.37. The highest BCUT2D eigenvalue weighted by Crippen LogP contribution is 2.40. The number of nitrogens with zero attached hydrogens (tertiary/aromatic N) is 3. The Bertz CT molecular complexity index is 2490. The lowest BCUT2D eigenvalue weighted by atomic mass is 9.78. The van der Waals surface area contributed by atoms with Gasteiger partial charge in [0, 0.05) is 21.7 Å². The lowest BCUT2D eigenvalue weighted by Gasteiger charge is -2.32. The molecule has 0 amide bonds. The Kier molecular flexibility index (Phi) is 5.77. The summed E-state index contributed by atoms with van der Waals surface area (Å²) in [6, 6.07) is 42.7. The fraction of sp³-hybridized carbons (Fsp3) is 0.150. The van der Waals surface area contributed by atoms with Crippen LogP contribution in [0.5, 0.6) is 0 Å². The average molecular weight is 598 g/mol. The second kappa shape index (κ2) is 9.73. The van der Waals surface area contributed by atoms with Crippen LogP contribution in [0, 0.1) is 0 Å². The lowest BCUT2D eigenvalue weighted by Crippen LogP contribution is -2.41. The van der Waals surface area contributed by atoms with Crippen LogP contribution in [-0.2, 0) is 9.31 Å². The smallest absolute Gasteiger partial charge is 0.399 e. The molecule has 46 heavy (non-hydrogen) atoms. The molecule has 0 atom stereocenters. The molecular formula is C40H32BN3O2. The highest BCUT2D eigenvalue weighted by Gasteiger charge is 2.51. The third-order valence-electron chi connectivity index (χ3n) is 10.0. The van der Waals surface area contributed by atoms with Crippen molar-refractivity contribution in [3.8, 4) is 17.2 Å². The maximum absolute atomic E-state index is 6.48. The molecule has 1 fully saturated rings. The van der Waals surface area contributed by atoms with E-state index in [4.69, 9.17) is 19.3 Å². The molecule has 5 nitrogen and oxygen atoms in total. The van der Waals surface area contributed by atoms with Gasteiger partial charge in [0.2, 0.25) is 5.95 Å². The van der Waals surface area contributed by atoms with E-state index in [-0.39, 0.29) is 0 Å². The van der Waals surface area contributed by atoms with E-state index in [0.29, 0.717) is 5.95 Å². The number of benzene rings is 6. The van der Waals surface area contributed by atoms with Crippen molar-refractivity contribution >= 4 is 66.8 Å². The van der Waals surface area contributed by atoms with E-state index < -0.39 is 18.3 Å². The Morgan fingerprint density at radius 1 is 0.565 bits per heavy atom. The Morgan fingerprint density at radius 3 is 1.98 bits per heavy atom. The zero-order valence-electron chi connectivity index (χ0n) is 26.3. The van der Waals surface area contributed by atoms with Crippen LogP contribution in [0.25, 0.3) is 71.5 Å². The van der Waals surface area contributed by atoms with Crippen molar-refractivity contribution in [3.63, 3.8) is 0 Å². The summed E-state index contributed by atoms with van der Waals surface area (Å²) in [4.78, 5) is 10.6. The third-order valence-corrected chi connectivity index (χ3v) is 10.0. The standard InChI is InChI=1S/C40H32BN3O2/c1-39(2)40(3,4)46-41(45-39)27-21-23-34-32(24-27)36-29-16-8-6-13-26(29)20-22-35(36)44(34)38-42-33-19-10-9-17-31(33)37(43-38)30-18-11-14-25-12-5-7-15-28(25)30/h5-24H,1-4H3. The topological polar surface area (TPSA) is 49.2 Å². The molecule has 0 unspecified atom stereocenters. The van der Waals surface area contributed by atoms with Gasteiger partial charge in [-0.3, -0.25) is 4.57 Å². The van der Waals surface area contributed by atoms with Gasteiger partial charge in [-0.15, -0.1) is 0 Å². The number of hydrogen-bond acceptors (Lipinski definition) is 4. The zero-order chi connectivity index (χ0) is 31.2. The van der Waals surface area contributed by atoms with Gasteiger partial charge in [0.1, 0.15) is 0 Å². The molecule has 0 bridgehead atoms. The van der Waals surface area contributed by atoms with E-state index in [1.807, 2.05) is 6.07 Å². The summed E-state index contributed by atoms with van der Waals surface area (Å²) in [7, 11) is -0.461. The molecular weight excluding hydrogens is 565 g/mol. The van der Waals surface area contributed by atoms with Crippen LogP contribution in [0.3, 0.4) is 0 Å². The molecule has 1 aliphatic heterocycles. The molecule has 9 rings (SSSR count). The predicted molar refractivity (Wildman–Crippen MR) is 190 cm³/mol. The fourth-order valence-corrected chi connectivity index (χ4v) is 6.95. The van der Waals surface area contributed by atoms with Crippen molar-refractivity contribution in [1.82, 2.24) is 14.5 Å². The first-order chi connectivity index (χ1) is 22.3. The van der Waals surface area contributed by atoms with Gasteiger partial charge in [-0.2, -0.15) is 0 Å². The maximum atomic E-state index is 6.48. The first kappa shape index (κ1) is 27.3. The summed E-state index contributed by atoms with van der Waals surface area (Å²) in [6.07, 6.45) is 0. The molecule has 2 aromatic heterocycles. The zero-order valence-corrected chi connectivity index (χ0v) is 26.3. The Morgan fingerprint density at radius 2 is 1.20 bits per heavy atom. The van der Waals surface area contributed by atoms with E-state index in [9.17, 15) is 0 Å². The quantitative estimate of drug-likeness (QED) is 0.191. The summed E-state index contributed by atoms with van der Waals surface area (Å²) in [5.74, 6) is 0.639. The minimum absolute atomic E-state index is 0.426. The molecule has 222 valence electrons. The van der Waals surface area contributed by atoms with Gasteiger partial charge in [0.05, 0.1) is 33.4 Å². The Hall–Kier alpha value is -5.04. The van der Waals surface area contributed by atoms with Crippen LogP contribution in [0.1, 0.15) is 27.7 Å². The van der Waals surface area contributed by atoms with Crippen LogP contribution in [0.4, 0.5) is 0 Å². The van der Waals surface area contributed by atoms with E-state index in [1.165, 1.54) is 21.5 Å². The Balaban J connectivity index is 1.35. The van der Waals surface area contributed by atoms with Crippen molar-refractivity contribution in [2.45, 2.75) is 38.9 Å². The van der Waals surface area contributed by atoms with E-state index in [1.54, 1.807) is 0 Å². The number of aromatic nitrogens is 3. The average Bonchev–Trinajstić information content (AvgIpc) is 3.52.